The number of halogens is 1. The summed E-state index contributed by atoms with van der Waals surface area (Å²) in [7, 11) is 1.45. The van der Waals surface area contributed by atoms with E-state index in [1.807, 2.05) is 109 Å². The van der Waals surface area contributed by atoms with E-state index in [4.69, 9.17) is 16.3 Å². The van der Waals surface area contributed by atoms with Crippen molar-refractivity contribution in [2.45, 2.75) is 41.9 Å². The Labute approximate surface area is 295 Å². The van der Waals surface area contributed by atoms with Gasteiger partial charge in [-0.25, -0.2) is 4.79 Å². The van der Waals surface area contributed by atoms with Crippen molar-refractivity contribution in [1.82, 2.24) is 15.2 Å². The van der Waals surface area contributed by atoms with Crippen LogP contribution in [0.3, 0.4) is 0 Å². The number of carboxylic acid groups (broad SMARTS) is 1. The van der Waals surface area contributed by atoms with Crippen LogP contribution in [0.2, 0.25) is 5.02 Å². The number of benzene rings is 4. The van der Waals surface area contributed by atoms with Gasteiger partial charge in [-0.1, -0.05) is 78.3 Å². The molecule has 1 aromatic heterocycles. The van der Waals surface area contributed by atoms with Crippen molar-refractivity contribution in [1.29, 1.82) is 0 Å². The second kappa shape index (κ2) is 16.3. The van der Waals surface area contributed by atoms with Crippen molar-refractivity contribution >= 4 is 52.0 Å². The molecule has 4 atom stereocenters. The van der Waals surface area contributed by atoms with Crippen molar-refractivity contribution in [3.05, 3.63) is 137 Å². The lowest BCUT2D eigenvalue weighted by Crippen LogP contribution is -2.48. The number of ether oxygens (including phenoxy) is 1. The Balaban J connectivity index is 1.21. The number of nitrogens with one attached hydrogen (secondary N) is 2. The highest BCUT2D eigenvalue weighted by Crippen LogP contribution is 2.36. The molecule has 0 unspecified atom stereocenters. The smallest absolute Gasteiger partial charge is 0.407 e. The average molecular weight is 695 g/mol. The van der Waals surface area contributed by atoms with Crippen LogP contribution in [0.1, 0.15) is 29.0 Å². The fraction of sp³-hybridized carbons (Fsp3) is 0.256. The van der Waals surface area contributed by atoms with Crippen molar-refractivity contribution in [3.63, 3.8) is 0 Å². The lowest BCUT2D eigenvalue weighted by atomic mass is 9.82. The van der Waals surface area contributed by atoms with Crippen molar-refractivity contribution in [3.8, 4) is 0 Å². The van der Waals surface area contributed by atoms with Crippen LogP contribution in [0.5, 0.6) is 0 Å². The van der Waals surface area contributed by atoms with Crippen LogP contribution in [-0.4, -0.2) is 71.1 Å². The third-order valence-electron chi connectivity index (χ3n) is 8.87. The maximum absolute atomic E-state index is 14.4. The summed E-state index contributed by atoms with van der Waals surface area (Å²) >= 11 is 7.78. The molecule has 49 heavy (non-hydrogen) atoms. The maximum atomic E-state index is 14.4. The number of fused-ring (bicyclic) bond motifs is 1. The molecule has 3 N–H and O–H groups in total. The van der Waals surface area contributed by atoms with Crippen LogP contribution in [0, 0.1) is 0 Å². The Morgan fingerprint density at radius 3 is 2.47 bits per heavy atom. The number of pyridine rings is 1. The Kier molecular flexibility index (Phi) is 11.5. The highest BCUT2D eigenvalue weighted by atomic mass is 35.5. The van der Waals surface area contributed by atoms with Crippen LogP contribution in [0.25, 0.3) is 10.9 Å². The van der Waals surface area contributed by atoms with Gasteiger partial charge in [-0.05, 0) is 72.0 Å². The van der Waals surface area contributed by atoms with Gasteiger partial charge >= 0.3 is 6.09 Å². The number of nitrogens with zero attached hydrogens (tertiary/aromatic N) is 2. The minimum absolute atomic E-state index is 0.0154. The molecule has 1 fully saturated rings. The number of rotatable bonds is 12. The van der Waals surface area contributed by atoms with Crippen LogP contribution < -0.4 is 10.6 Å². The topological polar surface area (TPSA) is 104 Å². The summed E-state index contributed by atoms with van der Waals surface area (Å²) in [6.45, 7) is 1.54. The summed E-state index contributed by atoms with van der Waals surface area (Å²) in [5.74, 6) is -0.195. The Morgan fingerprint density at radius 1 is 0.959 bits per heavy atom. The average Bonchev–Trinajstić information content (AvgIpc) is 3.13. The molecule has 5 aromatic rings. The molecule has 1 aliphatic rings. The molecule has 10 heteroatoms. The van der Waals surface area contributed by atoms with Gasteiger partial charge in [0.2, 0.25) is 5.91 Å². The van der Waals surface area contributed by atoms with Gasteiger partial charge in [0.25, 0.3) is 0 Å². The molecule has 1 saturated heterocycles. The van der Waals surface area contributed by atoms with E-state index in [0.717, 1.165) is 67.7 Å². The molecule has 0 saturated carbocycles. The third kappa shape index (κ3) is 8.61. The Morgan fingerprint density at radius 2 is 1.67 bits per heavy atom. The fourth-order valence-corrected chi connectivity index (χ4v) is 7.43. The highest BCUT2D eigenvalue weighted by molar-refractivity contribution is 7.99. The van der Waals surface area contributed by atoms with E-state index < -0.39 is 24.0 Å². The number of carbonyl (C=O) groups excluding carboxylic acids is 1. The van der Waals surface area contributed by atoms with Crippen molar-refractivity contribution < 1.29 is 19.4 Å². The van der Waals surface area contributed by atoms with Gasteiger partial charge in [-0.15, -0.1) is 11.8 Å². The number of likely N-dealkylation sites (N-methyl/N-ethyl adjacent to an activating group) is 1. The maximum Gasteiger partial charge on any atom is 0.407 e. The normalized spacial score (nSPS) is 17.3. The molecule has 0 bridgehead atoms. The van der Waals surface area contributed by atoms with Gasteiger partial charge in [-0.3, -0.25) is 14.7 Å². The summed E-state index contributed by atoms with van der Waals surface area (Å²) in [6.07, 6.45) is 2.04. The van der Waals surface area contributed by atoms with Crippen LogP contribution in [-0.2, 0) is 16.0 Å². The first kappa shape index (κ1) is 34.5. The zero-order chi connectivity index (χ0) is 34.2. The molecule has 2 amide bonds. The van der Waals surface area contributed by atoms with E-state index >= 15 is 0 Å². The molecule has 1 aliphatic heterocycles. The highest BCUT2D eigenvalue weighted by Gasteiger charge is 2.38. The molecule has 0 radical (unpaired) electrons. The van der Waals surface area contributed by atoms with E-state index in [1.54, 1.807) is 18.0 Å². The molecule has 252 valence electrons. The minimum atomic E-state index is -1.20. The number of para-hydroxylation sites is 2. The molecule has 0 aliphatic carbocycles. The van der Waals surface area contributed by atoms with Gasteiger partial charge in [0.05, 0.1) is 17.7 Å². The summed E-state index contributed by atoms with van der Waals surface area (Å²) in [6, 6.07) is 33.6. The summed E-state index contributed by atoms with van der Waals surface area (Å²) < 4.78 is 6.46. The SMILES string of the molecule is CN(C(=O)O)[C@H](C(=O)Nc1ccccc1CC[C@@H]1CNC[C@@H](CSc2ccc(Cl)cc2)O1)[C@@H](c1ccccc1)c1ccnc2ccccc12. The monoisotopic (exact) mass is 694 g/mol. The van der Waals surface area contributed by atoms with Crippen molar-refractivity contribution in [2.24, 2.45) is 0 Å². The number of anilines is 1. The molecule has 0 spiro atoms. The number of morpholine rings is 1. The number of hydrogen-bond acceptors (Lipinski definition) is 6. The van der Waals surface area contributed by atoms with E-state index in [2.05, 4.69) is 15.6 Å². The van der Waals surface area contributed by atoms with Crippen molar-refractivity contribution in [2.75, 3.05) is 31.2 Å². The number of aromatic nitrogens is 1. The Hall–Kier alpha value is -4.41. The molecule has 4 aromatic carbocycles. The summed E-state index contributed by atoms with van der Waals surface area (Å²) in [4.78, 5) is 33.7. The first-order valence-electron chi connectivity index (χ1n) is 16.3. The first-order chi connectivity index (χ1) is 23.9. The van der Waals surface area contributed by atoms with Crippen LogP contribution >= 0.6 is 23.4 Å². The second-order valence-electron chi connectivity index (χ2n) is 12.1. The largest absolute Gasteiger partial charge is 0.465 e. The van der Waals surface area contributed by atoms with E-state index in [9.17, 15) is 14.7 Å². The van der Waals surface area contributed by atoms with E-state index in [1.165, 1.54) is 7.05 Å². The lowest BCUT2D eigenvalue weighted by Gasteiger charge is -2.33. The zero-order valence-electron chi connectivity index (χ0n) is 27.2. The van der Waals surface area contributed by atoms with E-state index in [0.29, 0.717) is 12.1 Å². The zero-order valence-corrected chi connectivity index (χ0v) is 28.7. The third-order valence-corrected chi connectivity index (χ3v) is 10.3. The van der Waals surface area contributed by atoms with Gasteiger partial charge in [0.1, 0.15) is 6.04 Å². The fourth-order valence-electron chi connectivity index (χ4n) is 6.40. The minimum Gasteiger partial charge on any atom is -0.465 e. The van der Waals surface area contributed by atoms with Crippen LogP contribution in [0.4, 0.5) is 10.5 Å². The first-order valence-corrected chi connectivity index (χ1v) is 17.7. The molecule has 2 heterocycles. The van der Waals surface area contributed by atoms with Gasteiger partial charge in [0, 0.05) is 59.0 Å². The Bertz CT molecular complexity index is 1870. The quantitative estimate of drug-likeness (QED) is 0.115. The predicted octanol–water partition coefficient (Wildman–Crippen LogP) is 7.72. The predicted molar refractivity (Wildman–Crippen MR) is 197 cm³/mol. The van der Waals surface area contributed by atoms with Gasteiger partial charge in [-0.2, -0.15) is 0 Å². The number of hydrogen-bond donors (Lipinski definition) is 3. The molecular formula is C39H39ClN4O4S. The molecule has 8 nitrogen and oxygen atoms in total. The van der Waals surface area contributed by atoms with Gasteiger partial charge in [0.15, 0.2) is 0 Å². The lowest BCUT2D eigenvalue weighted by molar-refractivity contribution is -0.120. The number of aryl methyl sites for hydroxylation is 1. The standard InChI is InChI=1S/C39H39ClN4O4S/c1-44(39(46)47)37(36(27-10-3-2-4-11-27)33-21-22-42-35-14-8-6-12-32(33)35)38(45)43-34-13-7-5-9-26(34)15-18-29-23-41-24-30(48-29)25-49-31-19-16-28(40)17-20-31/h2-14,16-17,19-22,29-30,36-37,41H,15,18,23-25H2,1H3,(H,43,45)(H,46,47)/t29-,30+,36+,37+/m1/s1. The number of carbonyl (C=O) groups is 2. The van der Waals surface area contributed by atoms with Gasteiger partial charge < -0.3 is 20.5 Å². The summed E-state index contributed by atoms with van der Waals surface area (Å²) in [5.41, 5.74) is 4.03. The molecule has 6 rings (SSSR count). The molecular weight excluding hydrogens is 656 g/mol. The van der Waals surface area contributed by atoms with Crippen LogP contribution in [0.15, 0.2) is 120 Å². The second-order valence-corrected chi connectivity index (χ2v) is 13.7. The number of thioether (sulfide) groups is 1. The number of amides is 2. The summed E-state index contributed by atoms with van der Waals surface area (Å²) in [5, 5.41) is 18.5. The van der Waals surface area contributed by atoms with E-state index in [-0.39, 0.29) is 12.2 Å².